The van der Waals surface area contributed by atoms with Gasteiger partial charge in [-0.15, -0.1) is 0 Å². The molecule has 0 saturated carbocycles. The monoisotopic (exact) mass is 512 g/mol. The largest absolute Gasteiger partial charge is 0.493 e. The van der Waals surface area contributed by atoms with E-state index in [9.17, 15) is 18.5 Å². The Morgan fingerprint density at radius 1 is 1.03 bits per heavy atom. The van der Waals surface area contributed by atoms with Crippen LogP contribution in [0.5, 0.6) is 11.5 Å². The second-order valence-corrected chi connectivity index (χ2v) is 8.85. The van der Waals surface area contributed by atoms with Crippen LogP contribution < -0.4 is 14.2 Å². The number of benzene rings is 3. The number of anilines is 1. The minimum absolute atomic E-state index is 0.00223. The molecule has 1 N–H and O–H groups in total. The van der Waals surface area contributed by atoms with Crippen LogP contribution in [0.1, 0.15) is 5.56 Å². The standard InChI is InChI=1S/C23H17BrN2O5S/c1-30-22-14-16(7-12-21(22)31-32(28,29)20-5-3-2-4-6-20)13-17(15-25)23(27)26-19-10-8-18(24)9-11-19/h2-14H,1H3,(H,26,27)/b17-13+. The number of methoxy groups -OCH3 is 1. The average Bonchev–Trinajstić information content (AvgIpc) is 2.80. The molecule has 3 aromatic carbocycles. The van der Waals surface area contributed by atoms with Gasteiger partial charge < -0.3 is 14.2 Å². The van der Waals surface area contributed by atoms with Crippen molar-refractivity contribution >= 4 is 43.7 Å². The lowest BCUT2D eigenvalue weighted by Crippen LogP contribution is -2.13. The number of hydrogen-bond donors (Lipinski definition) is 1. The molecule has 9 heteroatoms. The van der Waals surface area contributed by atoms with Gasteiger partial charge in [0.15, 0.2) is 11.5 Å². The Labute approximate surface area is 194 Å². The van der Waals surface area contributed by atoms with Crippen LogP contribution in [0.25, 0.3) is 6.08 Å². The quantitative estimate of drug-likeness (QED) is 0.277. The summed E-state index contributed by atoms with van der Waals surface area (Å²) in [6.07, 6.45) is 1.37. The molecule has 0 aliphatic heterocycles. The highest BCUT2D eigenvalue weighted by Gasteiger charge is 2.19. The van der Waals surface area contributed by atoms with Crippen LogP contribution >= 0.6 is 15.9 Å². The number of halogens is 1. The Balaban J connectivity index is 1.83. The molecule has 32 heavy (non-hydrogen) atoms. The van der Waals surface area contributed by atoms with Gasteiger partial charge in [-0.25, -0.2) is 0 Å². The van der Waals surface area contributed by atoms with E-state index in [4.69, 9.17) is 8.92 Å². The second-order valence-electron chi connectivity index (χ2n) is 6.39. The van der Waals surface area contributed by atoms with Crippen molar-refractivity contribution in [3.8, 4) is 17.6 Å². The molecular weight excluding hydrogens is 496 g/mol. The molecule has 1 amide bonds. The molecule has 3 rings (SSSR count). The number of hydrogen-bond acceptors (Lipinski definition) is 6. The van der Waals surface area contributed by atoms with Crippen molar-refractivity contribution < 1.29 is 22.1 Å². The zero-order chi connectivity index (χ0) is 23.1. The summed E-state index contributed by atoms with van der Waals surface area (Å²) in [5, 5.41) is 12.1. The zero-order valence-corrected chi connectivity index (χ0v) is 19.2. The summed E-state index contributed by atoms with van der Waals surface area (Å²) in [5.41, 5.74) is 0.848. The number of ether oxygens (including phenoxy) is 1. The lowest BCUT2D eigenvalue weighted by molar-refractivity contribution is -0.112. The fourth-order valence-corrected chi connectivity index (χ4v) is 3.87. The van der Waals surface area contributed by atoms with Gasteiger partial charge in [0.05, 0.1) is 7.11 Å². The number of amides is 1. The summed E-state index contributed by atoms with van der Waals surface area (Å²) in [7, 11) is -2.70. The number of carbonyl (C=O) groups excluding carboxylic acids is 1. The van der Waals surface area contributed by atoms with Crippen molar-refractivity contribution in [1.82, 2.24) is 0 Å². The van der Waals surface area contributed by atoms with Crippen LogP contribution in [0.3, 0.4) is 0 Å². The normalized spacial score (nSPS) is 11.3. The van der Waals surface area contributed by atoms with E-state index < -0.39 is 16.0 Å². The summed E-state index contributed by atoms with van der Waals surface area (Å²) >= 11 is 3.31. The van der Waals surface area contributed by atoms with Gasteiger partial charge in [-0.2, -0.15) is 13.7 Å². The van der Waals surface area contributed by atoms with E-state index in [-0.39, 0.29) is 22.0 Å². The van der Waals surface area contributed by atoms with E-state index in [1.54, 1.807) is 42.5 Å². The maximum atomic E-state index is 12.5. The first-order chi connectivity index (χ1) is 15.3. The van der Waals surface area contributed by atoms with Crippen LogP contribution in [-0.4, -0.2) is 21.4 Å². The van der Waals surface area contributed by atoms with Gasteiger partial charge in [0.2, 0.25) is 0 Å². The first kappa shape index (κ1) is 23.1. The van der Waals surface area contributed by atoms with E-state index in [0.29, 0.717) is 11.3 Å². The molecule has 162 valence electrons. The fraction of sp³-hybridized carbons (Fsp3) is 0.0435. The third kappa shape index (κ3) is 5.75. The van der Waals surface area contributed by atoms with E-state index in [1.807, 2.05) is 6.07 Å². The minimum Gasteiger partial charge on any atom is -0.493 e. The molecule has 0 aliphatic rings. The Bertz CT molecular complexity index is 1300. The first-order valence-electron chi connectivity index (χ1n) is 9.18. The van der Waals surface area contributed by atoms with Crippen molar-refractivity contribution in [3.05, 3.63) is 88.4 Å². The van der Waals surface area contributed by atoms with Crippen molar-refractivity contribution in [2.24, 2.45) is 0 Å². The highest BCUT2D eigenvalue weighted by molar-refractivity contribution is 9.10. The lowest BCUT2D eigenvalue weighted by atomic mass is 10.1. The average molecular weight is 513 g/mol. The predicted octanol–water partition coefficient (Wildman–Crippen LogP) is 4.77. The SMILES string of the molecule is COc1cc(/C=C(\C#N)C(=O)Nc2ccc(Br)cc2)ccc1OS(=O)(=O)c1ccccc1. The van der Waals surface area contributed by atoms with Crippen LogP contribution in [0.2, 0.25) is 0 Å². The molecule has 0 atom stereocenters. The second kappa shape index (κ2) is 10.1. The molecule has 0 radical (unpaired) electrons. The topological polar surface area (TPSA) is 105 Å². The van der Waals surface area contributed by atoms with Gasteiger partial charge in [0.1, 0.15) is 16.5 Å². The Morgan fingerprint density at radius 3 is 2.34 bits per heavy atom. The molecule has 3 aromatic rings. The number of rotatable bonds is 7. The maximum absolute atomic E-state index is 12.5. The molecule has 0 aromatic heterocycles. The van der Waals surface area contributed by atoms with Crippen LogP contribution in [-0.2, 0) is 14.9 Å². The number of nitrogens with one attached hydrogen (secondary N) is 1. The van der Waals surface area contributed by atoms with Crippen LogP contribution in [0, 0.1) is 11.3 Å². The number of carbonyl (C=O) groups is 1. The van der Waals surface area contributed by atoms with E-state index >= 15 is 0 Å². The fourth-order valence-electron chi connectivity index (χ4n) is 2.64. The molecule has 0 bridgehead atoms. The zero-order valence-electron chi connectivity index (χ0n) is 16.8. The number of nitrogens with zero attached hydrogens (tertiary/aromatic N) is 1. The highest BCUT2D eigenvalue weighted by Crippen LogP contribution is 2.31. The van der Waals surface area contributed by atoms with Gasteiger partial charge in [-0.1, -0.05) is 40.2 Å². The summed E-state index contributed by atoms with van der Waals surface area (Å²) in [4.78, 5) is 12.5. The Morgan fingerprint density at radius 2 is 1.72 bits per heavy atom. The first-order valence-corrected chi connectivity index (χ1v) is 11.4. The molecule has 0 heterocycles. The van der Waals surface area contributed by atoms with Gasteiger partial charge in [-0.05, 0) is 60.2 Å². The van der Waals surface area contributed by atoms with E-state index in [0.717, 1.165) is 4.47 Å². The van der Waals surface area contributed by atoms with Gasteiger partial charge in [0, 0.05) is 10.2 Å². The molecule has 7 nitrogen and oxygen atoms in total. The molecule has 0 spiro atoms. The number of nitriles is 1. The lowest BCUT2D eigenvalue weighted by Gasteiger charge is -2.11. The highest BCUT2D eigenvalue weighted by atomic mass is 79.9. The van der Waals surface area contributed by atoms with E-state index in [2.05, 4.69) is 21.2 Å². The minimum atomic E-state index is -4.05. The van der Waals surface area contributed by atoms with Crippen molar-refractivity contribution in [1.29, 1.82) is 5.26 Å². The van der Waals surface area contributed by atoms with Crippen molar-refractivity contribution in [2.75, 3.05) is 12.4 Å². The summed E-state index contributed by atoms with van der Waals surface area (Å²) in [5.74, 6) is -0.476. The maximum Gasteiger partial charge on any atom is 0.339 e. The predicted molar refractivity (Wildman–Crippen MR) is 124 cm³/mol. The molecule has 0 saturated heterocycles. The van der Waals surface area contributed by atoms with Gasteiger partial charge in [0.25, 0.3) is 5.91 Å². The third-order valence-corrected chi connectivity index (χ3v) is 5.97. The summed E-state index contributed by atoms with van der Waals surface area (Å²) < 4.78 is 36.3. The smallest absolute Gasteiger partial charge is 0.339 e. The van der Waals surface area contributed by atoms with Crippen LogP contribution in [0.15, 0.2) is 87.7 Å². The third-order valence-electron chi connectivity index (χ3n) is 4.20. The molecule has 0 unspecified atom stereocenters. The summed E-state index contributed by atoms with van der Waals surface area (Å²) in [6.45, 7) is 0. The van der Waals surface area contributed by atoms with E-state index in [1.165, 1.54) is 43.5 Å². The molecule has 0 aliphatic carbocycles. The Hall–Kier alpha value is -3.61. The van der Waals surface area contributed by atoms with Crippen molar-refractivity contribution in [2.45, 2.75) is 4.90 Å². The Kier molecular flexibility index (Phi) is 7.30. The molecular formula is C23H17BrN2O5S. The van der Waals surface area contributed by atoms with Gasteiger partial charge >= 0.3 is 10.1 Å². The molecule has 0 fully saturated rings. The summed E-state index contributed by atoms with van der Waals surface area (Å²) in [6, 6.07) is 20.9. The van der Waals surface area contributed by atoms with Gasteiger partial charge in [-0.3, -0.25) is 4.79 Å². The van der Waals surface area contributed by atoms with Crippen molar-refractivity contribution in [3.63, 3.8) is 0 Å². The van der Waals surface area contributed by atoms with Crippen LogP contribution in [0.4, 0.5) is 5.69 Å².